The van der Waals surface area contributed by atoms with E-state index in [4.69, 9.17) is 0 Å². The Morgan fingerprint density at radius 1 is 1.14 bits per heavy atom. The van der Waals surface area contributed by atoms with Gasteiger partial charge in [0.2, 0.25) is 0 Å². The molecule has 0 unspecified atom stereocenters. The number of hydrogen-bond donors (Lipinski definition) is 3. The highest BCUT2D eigenvalue weighted by Gasteiger charge is 2.31. The second kappa shape index (κ2) is 11.5. The van der Waals surface area contributed by atoms with E-state index < -0.39 is 22.6 Å². The average molecular weight is 684 g/mol. The zero-order chi connectivity index (χ0) is 29.5. The zero-order valence-electron chi connectivity index (χ0n) is 22.7. The molecule has 218 valence electrons. The molecule has 2 aromatic heterocycles. The molecule has 13 heteroatoms. The largest absolute Gasteiger partial charge is 0.861 e. The van der Waals surface area contributed by atoms with Gasteiger partial charge >= 0.3 is 5.69 Å². The Labute approximate surface area is 252 Å². The zero-order valence-corrected chi connectivity index (χ0v) is 24.9. The van der Waals surface area contributed by atoms with Crippen LogP contribution in [0.4, 0.5) is 21.6 Å². The summed E-state index contributed by atoms with van der Waals surface area (Å²) in [6.45, 7) is 4.82. The fraction of sp³-hybridized carbons (Fsp3) is 0.310. The van der Waals surface area contributed by atoms with Gasteiger partial charge in [-0.2, -0.15) is 0 Å². The van der Waals surface area contributed by atoms with Gasteiger partial charge in [-0.15, -0.1) is 0 Å². The molecule has 2 aliphatic rings. The normalized spacial score (nSPS) is 16.2. The number of rotatable bonds is 7. The van der Waals surface area contributed by atoms with Crippen molar-refractivity contribution in [3.8, 4) is 5.69 Å². The molecule has 6 rings (SSSR count). The smallest absolute Gasteiger partial charge is 0.336 e. The number of benzene rings is 2. The summed E-state index contributed by atoms with van der Waals surface area (Å²) in [5.74, 6) is -0.888. The van der Waals surface area contributed by atoms with Crippen LogP contribution in [0.1, 0.15) is 24.4 Å². The monoisotopic (exact) mass is 684 g/mol. The third-order valence-electron chi connectivity index (χ3n) is 7.49. The van der Waals surface area contributed by atoms with Gasteiger partial charge in [-0.3, -0.25) is 28.6 Å². The van der Waals surface area contributed by atoms with Crippen molar-refractivity contribution in [2.75, 3.05) is 38.0 Å². The molecular weight excluding hydrogens is 656 g/mol. The molecule has 0 spiro atoms. The first-order chi connectivity index (χ1) is 20.2. The lowest BCUT2D eigenvalue weighted by atomic mass is 10.1. The van der Waals surface area contributed by atoms with Crippen molar-refractivity contribution in [2.24, 2.45) is 4.99 Å². The number of aromatic nitrogens is 3. The van der Waals surface area contributed by atoms with Crippen LogP contribution >= 0.6 is 22.6 Å². The van der Waals surface area contributed by atoms with Crippen LogP contribution < -0.4 is 32.5 Å². The van der Waals surface area contributed by atoms with E-state index in [1.54, 1.807) is 30.3 Å². The quantitative estimate of drug-likeness (QED) is 0.154. The summed E-state index contributed by atoms with van der Waals surface area (Å²) < 4.78 is 18.0. The fourth-order valence-electron chi connectivity index (χ4n) is 5.24. The van der Waals surface area contributed by atoms with E-state index in [-0.39, 0.29) is 46.5 Å². The van der Waals surface area contributed by atoms with Crippen LogP contribution in [-0.4, -0.2) is 57.6 Å². The number of H-pyrrole nitrogens is 1. The molecule has 0 bridgehead atoms. The predicted molar refractivity (Wildman–Crippen MR) is 166 cm³/mol. The number of anilines is 2. The summed E-state index contributed by atoms with van der Waals surface area (Å²) in [6, 6.07) is 10.8. The minimum atomic E-state index is -0.598. The molecule has 3 heterocycles. The molecule has 1 saturated heterocycles. The average Bonchev–Trinajstić information content (AvgIpc) is 3.79. The van der Waals surface area contributed by atoms with Crippen LogP contribution in [0.15, 0.2) is 61.8 Å². The molecule has 1 aliphatic carbocycles. The van der Waals surface area contributed by atoms with Crippen molar-refractivity contribution in [3.05, 3.63) is 88.6 Å². The van der Waals surface area contributed by atoms with Crippen molar-refractivity contribution >= 4 is 56.6 Å². The Kier molecular flexibility index (Phi) is 7.72. The van der Waals surface area contributed by atoms with Gasteiger partial charge in [0, 0.05) is 47.9 Å². The maximum Gasteiger partial charge on any atom is 0.336 e. The maximum absolute atomic E-state index is 14.8. The van der Waals surface area contributed by atoms with E-state index in [1.165, 1.54) is 28.2 Å². The van der Waals surface area contributed by atoms with Crippen LogP contribution in [0.3, 0.4) is 0 Å². The second-order valence-electron chi connectivity index (χ2n) is 10.5. The summed E-state index contributed by atoms with van der Waals surface area (Å²) in [7, 11) is 0. The highest BCUT2D eigenvalue weighted by molar-refractivity contribution is 14.1. The van der Waals surface area contributed by atoms with E-state index in [9.17, 15) is 23.9 Å². The number of nitrogens with one attached hydrogen (secondary N) is 3. The number of aliphatic imine (C=N–C) groups is 1. The number of piperazine rings is 1. The van der Waals surface area contributed by atoms with Crippen molar-refractivity contribution in [1.29, 1.82) is 0 Å². The SMILES string of the molecule is Cc1c(=O)[nH]c(Nc2ccc(I)cc2F)c2c(=O)n(C3CC3)c(=O)n(-c3cccc(N=C([O-])CN4CCNCC4)c3)c12. The van der Waals surface area contributed by atoms with E-state index in [0.29, 0.717) is 27.8 Å². The van der Waals surface area contributed by atoms with Gasteiger partial charge in [-0.25, -0.2) is 9.18 Å². The Hall–Kier alpha value is -3.82. The number of nitrogens with zero attached hydrogens (tertiary/aromatic N) is 4. The summed E-state index contributed by atoms with van der Waals surface area (Å²) >= 11 is 1.99. The number of aromatic amines is 1. The standard InChI is InChI=1S/C29H29FIN7O4/c1-16-25-24(26(35-27(16)40)34-22-8-5-17(31)13-21(22)30)28(41)38(19-6-7-19)29(42)37(25)20-4-2-3-18(14-20)33-23(39)15-36-11-9-32-10-12-36/h2-5,8,13-14,19,32H,6-7,9-12,15H2,1H3,(H,33,39)(H2,34,35,40)/p-1. The summed E-state index contributed by atoms with van der Waals surface area (Å²) in [4.78, 5) is 49.9. The lowest BCUT2D eigenvalue weighted by molar-refractivity contribution is -0.219. The molecular formula is C29H28FIN7O4-. The van der Waals surface area contributed by atoms with Gasteiger partial charge in [0.25, 0.3) is 11.1 Å². The Morgan fingerprint density at radius 3 is 2.62 bits per heavy atom. The third kappa shape index (κ3) is 5.51. The Bertz CT molecular complexity index is 1910. The number of fused-ring (bicyclic) bond motifs is 1. The van der Waals surface area contributed by atoms with Crippen LogP contribution in [0, 0.1) is 16.3 Å². The van der Waals surface area contributed by atoms with Gasteiger partial charge in [0.15, 0.2) is 0 Å². The molecule has 2 fully saturated rings. The second-order valence-corrected chi connectivity index (χ2v) is 11.7. The summed E-state index contributed by atoms with van der Waals surface area (Å²) in [5.41, 5.74) is -0.714. The highest BCUT2D eigenvalue weighted by Crippen LogP contribution is 2.34. The van der Waals surface area contributed by atoms with Crippen LogP contribution in [0.5, 0.6) is 0 Å². The lowest BCUT2D eigenvalue weighted by Gasteiger charge is -2.29. The molecule has 0 amide bonds. The lowest BCUT2D eigenvalue weighted by Crippen LogP contribution is -2.47. The van der Waals surface area contributed by atoms with Crippen molar-refractivity contribution in [2.45, 2.75) is 25.8 Å². The first-order valence-electron chi connectivity index (χ1n) is 13.7. The van der Waals surface area contributed by atoms with Gasteiger partial charge in [0.1, 0.15) is 17.0 Å². The van der Waals surface area contributed by atoms with Crippen LogP contribution in [0.2, 0.25) is 0 Å². The van der Waals surface area contributed by atoms with Gasteiger partial charge in [0.05, 0.1) is 22.6 Å². The van der Waals surface area contributed by atoms with Gasteiger partial charge < -0.3 is 20.7 Å². The molecule has 3 N–H and O–H groups in total. The van der Waals surface area contributed by atoms with Crippen LogP contribution in [0.25, 0.3) is 16.6 Å². The molecule has 11 nitrogen and oxygen atoms in total. The summed E-state index contributed by atoms with van der Waals surface area (Å²) in [6.07, 6.45) is 1.32. The Balaban J connectivity index is 1.53. The molecule has 42 heavy (non-hydrogen) atoms. The van der Waals surface area contributed by atoms with Gasteiger partial charge in [-0.05, 0) is 84.7 Å². The van der Waals surface area contributed by atoms with Crippen molar-refractivity contribution in [3.63, 3.8) is 0 Å². The highest BCUT2D eigenvalue weighted by atomic mass is 127. The molecule has 2 aromatic carbocycles. The van der Waals surface area contributed by atoms with E-state index in [2.05, 4.69) is 20.6 Å². The van der Waals surface area contributed by atoms with Gasteiger partial charge in [-0.1, -0.05) is 6.07 Å². The maximum atomic E-state index is 14.8. The molecule has 4 aromatic rings. The van der Waals surface area contributed by atoms with E-state index >= 15 is 0 Å². The molecule has 1 saturated carbocycles. The predicted octanol–water partition coefficient (Wildman–Crippen LogP) is 2.27. The molecule has 0 radical (unpaired) electrons. The van der Waals surface area contributed by atoms with Crippen molar-refractivity contribution < 1.29 is 9.50 Å². The number of hydrogen-bond acceptors (Lipinski definition) is 8. The van der Waals surface area contributed by atoms with E-state index in [1.807, 2.05) is 27.5 Å². The first kappa shape index (κ1) is 28.3. The number of halogens is 2. The van der Waals surface area contributed by atoms with Crippen LogP contribution in [-0.2, 0) is 0 Å². The molecule has 0 atom stereocenters. The van der Waals surface area contributed by atoms with E-state index in [0.717, 1.165) is 26.2 Å². The number of aryl methyl sites for hydroxylation is 1. The fourth-order valence-corrected chi connectivity index (χ4v) is 5.69. The minimum absolute atomic E-state index is 0.0131. The molecule has 1 aliphatic heterocycles. The van der Waals surface area contributed by atoms with Crippen molar-refractivity contribution in [1.82, 2.24) is 24.3 Å². The topological polar surface area (TPSA) is 140 Å². The summed E-state index contributed by atoms with van der Waals surface area (Å²) in [5, 5.41) is 18.9. The Morgan fingerprint density at radius 2 is 1.90 bits per heavy atom. The third-order valence-corrected chi connectivity index (χ3v) is 8.16. The first-order valence-corrected chi connectivity index (χ1v) is 14.7. The number of pyridine rings is 1. The minimum Gasteiger partial charge on any atom is -0.861 e.